The van der Waals surface area contributed by atoms with Gasteiger partial charge in [0.05, 0.1) is 6.61 Å². The molecule has 2 aromatic carbocycles. The molecule has 0 heterocycles. The van der Waals surface area contributed by atoms with Crippen LogP contribution in [0.3, 0.4) is 0 Å². The minimum Gasteiger partial charge on any atom is -0.491 e. The minimum absolute atomic E-state index is 0.296. The molecule has 158 valence electrons. The van der Waals surface area contributed by atoms with Crippen molar-refractivity contribution in [2.45, 2.75) is 71.1 Å². The first-order valence-electron chi connectivity index (χ1n) is 10.9. The Morgan fingerprint density at radius 3 is 2.10 bits per heavy atom. The van der Waals surface area contributed by atoms with Crippen LogP contribution in [-0.2, 0) is 12.8 Å². The van der Waals surface area contributed by atoms with Crippen LogP contribution >= 0.6 is 0 Å². The molecule has 0 saturated heterocycles. The summed E-state index contributed by atoms with van der Waals surface area (Å²) in [4.78, 5) is 0. The summed E-state index contributed by atoms with van der Waals surface area (Å²) < 4.78 is 47.9. The van der Waals surface area contributed by atoms with Crippen molar-refractivity contribution in [1.82, 2.24) is 0 Å². The van der Waals surface area contributed by atoms with Gasteiger partial charge in [0, 0.05) is 0 Å². The molecule has 0 atom stereocenters. The van der Waals surface area contributed by atoms with Gasteiger partial charge in [-0.1, -0.05) is 31.5 Å². The Kier molecular flexibility index (Phi) is 7.63. The first-order valence-corrected chi connectivity index (χ1v) is 10.9. The number of hydrogen-bond donors (Lipinski definition) is 0. The zero-order valence-electron chi connectivity index (χ0n) is 17.4. The lowest BCUT2D eigenvalue weighted by molar-refractivity contribution is 0.306. The molecule has 1 nitrogen and oxygen atoms in total. The van der Waals surface area contributed by atoms with Crippen LogP contribution in [0.25, 0.3) is 0 Å². The molecule has 29 heavy (non-hydrogen) atoms. The van der Waals surface area contributed by atoms with Gasteiger partial charge in [0.15, 0.2) is 23.2 Å². The van der Waals surface area contributed by atoms with Crippen LogP contribution in [0.2, 0.25) is 0 Å². The van der Waals surface area contributed by atoms with Crippen LogP contribution in [0, 0.1) is 23.4 Å². The van der Waals surface area contributed by atoms with Crippen LogP contribution in [0.4, 0.5) is 13.2 Å². The third-order valence-corrected chi connectivity index (χ3v) is 6.16. The van der Waals surface area contributed by atoms with Crippen molar-refractivity contribution in [3.05, 3.63) is 64.5 Å². The molecule has 0 bridgehead atoms. The molecule has 0 amide bonds. The monoisotopic (exact) mass is 404 g/mol. The maximum Gasteiger partial charge on any atom is 0.165 e. The average molecular weight is 405 g/mol. The Labute approximate surface area is 172 Å². The first-order chi connectivity index (χ1) is 14.0. The summed E-state index contributed by atoms with van der Waals surface area (Å²) in [6, 6.07) is 8.77. The van der Waals surface area contributed by atoms with Crippen LogP contribution in [-0.4, -0.2) is 6.61 Å². The van der Waals surface area contributed by atoms with Gasteiger partial charge in [-0.2, -0.15) is 0 Å². The fourth-order valence-electron chi connectivity index (χ4n) is 4.47. The van der Waals surface area contributed by atoms with Gasteiger partial charge in [-0.3, -0.25) is 0 Å². The summed E-state index contributed by atoms with van der Waals surface area (Å²) in [5.74, 6) is -0.463. The van der Waals surface area contributed by atoms with Crippen molar-refractivity contribution in [2.75, 3.05) is 6.61 Å². The fraction of sp³-hybridized carbons (Fsp3) is 0.520. The van der Waals surface area contributed by atoms with E-state index >= 15 is 0 Å². The third kappa shape index (κ3) is 5.34. The molecule has 0 spiro atoms. The van der Waals surface area contributed by atoms with Crippen molar-refractivity contribution in [1.29, 1.82) is 0 Å². The summed E-state index contributed by atoms with van der Waals surface area (Å²) in [5.41, 5.74) is 1.99. The lowest BCUT2D eigenvalue weighted by Crippen LogP contribution is -2.14. The molecular formula is C25H31F3O. The standard InChI is InChI=1S/C25H31F3O/c1-3-5-19-12-13-20(25(28)24(19)27)11-8-17-6-9-18(10-7-17)21-14-15-23(29-4-2)22(26)16-21/h12-18H,3-11H2,1-2H3. The molecule has 1 aliphatic carbocycles. The molecule has 1 fully saturated rings. The van der Waals surface area contributed by atoms with Gasteiger partial charge in [0.1, 0.15) is 0 Å². The molecule has 0 radical (unpaired) electrons. The van der Waals surface area contributed by atoms with E-state index in [1.807, 2.05) is 19.9 Å². The lowest BCUT2D eigenvalue weighted by atomic mass is 9.77. The SMILES string of the molecule is CCCc1ccc(CCC2CCC(c3ccc(OCC)c(F)c3)CC2)c(F)c1F. The summed E-state index contributed by atoms with van der Waals surface area (Å²) >= 11 is 0. The molecule has 1 aliphatic rings. The Morgan fingerprint density at radius 2 is 1.52 bits per heavy atom. The van der Waals surface area contributed by atoms with Gasteiger partial charge < -0.3 is 4.74 Å². The van der Waals surface area contributed by atoms with E-state index in [0.717, 1.165) is 44.1 Å². The molecule has 4 heteroatoms. The smallest absolute Gasteiger partial charge is 0.165 e. The van der Waals surface area contributed by atoms with E-state index in [-0.39, 0.29) is 5.82 Å². The van der Waals surface area contributed by atoms with Crippen molar-refractivity contribution in [3.63, 3.8) is 0 Å². The zero-order chi connectivity index (χ0) is 20.8. The van der Waals surface area contributed by atoms with Crippen LogP contribution in [0.15, 0.2) is 30.3 Å². The molecule has 2 aromatic rings. The van der Waals surface area contributed by atoms with E-state index in [1.165, 1.54) is 0 Å². The van der Waals surface area contributed by atoms with Crippen LogP contribution in [0.5, 0.6) is 5.75 Å². The van der Waals surface area contributed by atoms with Crippen molar-refractivity contribution in [2.24, 2.45) is 5.92 Å². The van der Waals surface area contributed by atoms with Crippen molar-refractivity contribution >= 4 is 0 Å². The highest BCUT2D eigenvalue weighted by atomic mass is 19.2. The highest BCUT2D eigenvalue weighted by Gasteiger charge is 2.24. The van der Waals surface area contributed by atoms with Gasteiger partial charge in [0.2, 0.25) is 0 Å². The second-order valence-electron chi connectivity index (χ2n) is 8.14. The van der Waals surface area contributed by atoms with Crippen molar-refractivity contribution < 1.29 is 17.9 Å². The summed E-state index contributed by atoms with van der Waals surface area (Å²) in [6.45, 7) is 4.25. The number of benzene rings is 2. The quantitative estimate of drug-likeness (QED) is 0.446. The molecule has 1 saturated carbocycles. The molecule has 0 unspecified atom stereocenters. The van der Waals surface area contributed by atoms with E-state index in [9.17, 15) is 13.2 Å². The van der Waals surface area contributed by atoms with Gasteiger partial charge in [-0.25, -0.2) is 13.2 Å². The largest absolute Gasteiger partial charge is 0.491 e. The van der Waals surface area contributed by atoms with Gasteiger partial charge in [-0.15, -0.1) is 0 Å². The van der Waals surface area contributed by atoms with E-state index in [2.05, 4.69) is 0 Å². The first kappa shape index (κ1) is 21.7. The highest BCUT2D eigenvalue weighted by molar-refractivity contribution is 5.31. The Hall–Kier alpha value is -1.97. The average Bonchev–Trinajstić information content (AvgIpc) is 2.73. The summed E-state index contributed by atoms with van der Waals surface area (Å²) in [6.07, 6.45) is 6.90. The Morgan fingerprint density at radius 1 is 0.862 bits per heavy atom. The van der Waals surface area contributed by atoms with Gasteiger partial charge in [0.25, 0.3) is 0 Å². The van der Waals surface area contributed by atoms with Gasteiger partial charge >= 0.3 is 0 Å². The second-order valence-corrected chi connectivity index (χ2v) is 8.14. The highest BCUT2D eigenvalue weighted by Crippen LogP contribution is 2.38. The molecule has 3 rings (SSSR count). The molecular weight excluding hydrogens is 373 g/mol. The van der Waals surface area contributed by atoms with E-state index in [0.29, 0.717) is 48.2 Å². The number of halogens is 3. The second kappa shape index (κ2) is 10.2. The predicted octanol–water partition coefficient (Wildman–Crippen LogP) is 7.36. The maximum atomic E-state index is 14.3. The number of rotatable bonds is 8. The topological polar surface area (TPSA) is 9.23 Å². The van der Waals surface area contributed by atoms with E-state index < -0.39 is 11.6 Å². The fourth-order valence-corrected chi connectivity index (χ4v) is 4.47. The number of ether oxygens (including phenoxy) is 1. The number of aryl methyl sites for hydroxylation is 2. The number of hydrogen-bond acceptors (Lipinski definition) is 1. The summed E-state index contributed by atoms with van der Waals surface area (Å²) in [7, 11) is 0. The van der Waals surface area contributed by atoms with Crippen LogP contribution in [0.1, 0.15) is 75.0 Å². The maximum absolute atomic E-state index is 14.3. The molecule has 0 aromatic heterocycles. The van der Waals surface area contributed by atoms with E-state index in [1.54, 1.807) is 24.3 Å². The molecule has 0 N–H and O–H groups in total. The van der Waals surface area contributed by atoms with Gasteiger partial charge in [-0.05, 0) is 92.5 Å². The minimum atomic E-state index is -0.675. The zero-order valence-corrected chi connectivity index (χ0v) is 17.4. The predicted molar refractivity (Wildman–Crippen MR) is 111 cm³/mol. The van der Waals surface area contributed by atoms with Crippen molar-refractivity contribution in [3.8, 4) is 5.75 Å². The summed E-state index contributed by atoms with van der Waals surface area (Å²) in [5, 5.41) is 0. The third-order valence-electron chi connectivity index (χ3n) is 6.16. The lowest BCUT2D eigenvalue weighted by Gasteiger charge is -2.29. The Balaban J connectivity index is 1.53. The molecule has 0 aliphatic heterocycles. The van der Waals surface area contributed by atoms with Crippen LogP contribution < -0.4 is 4.74 Å². The van der Waals surface area contributed by atoms with E-state index in [4.69, 9.17) is 4.74 Å². The normalized spacial score (nSPS) is 19.3. The Bertz CT molecular complexity index is 810.